The molecule has 6 heteroatoms. The summed E-state index contributed by atoms with van der Waals surface area (Å²) in [7, 11) is 0. The van der Waals surface area contributed by atoms with Crippen LogP contribution in [0.4, 0.5) is 4.79 Å². The molecule has 0 bridgehead atoms. The highest BCUT2D eigenvalue weighted by molar-refractivity contribution is 8.00. The molecule has 0 unspecified atom stereocenters. The van der Waals surface area contributed by atoms with Crippen molar-refractivity contribution >= 4 is 23.8 Å². The van der Waals surface area contributed by atoms with Gasteiger partial charge in [-0.25, -0.2) is 9.59 Å². The van der Waals surface area contributed by atoms with Gasteiger partial charge in [-0.1, -0.05) is 0 Å². The summed E-state index contributed by atoms with van der Waals surface area (Å²) in [6.07, 6.45) is -1.18. The van der Waals surface area contributed by atoms with Gasteiger partial charge in [-0.2, -0.15) is 0 Å². The Labute approximate surface area is 79.7 Å². The number of amides is 1. The average Bonchev–Trinajstić information content (AvgIpc) is 2.24. The molecular weight excluding hydrogens is 194 g/mol. The predicted molar refractivity (Wildman–Crippen MR) is 47.8 cm³/mol. The maximum absolute atomic E-state index is 10.8. The minimum Gasteiger partial charge on any atom is -0.480 e. The van der Waals surface area contributed by atoms with Crippen LogP contribution in [-0.2, 0) is 4.79 Å². The molecule has 0 saturated carbocycles. The third kappa shape index (κ3) is 1.72. The van der Waals surface area contributed by atoms with E-state index in [4.69, 9.17) is 10.2 Å². The van der Waals surface area contributed by atoms with Crippen LogP contribution in [0.2, 0.25) is 0 Å². The van der Waals surface area contributed by atoms with E-state index in [1.807, 2.05) is 0 Å². The fourth-order valence-electron chi connectivity index (χ4n) is 1.35. The molecule has 0 aromatic carbocycles. The number of hydrogen-bond acceptors (Lipinski definition) is 3. The molecule has 2 N–H and O–H groups in total. The number of rotatable bonds is 1. The average molecular weight is 205 g/mol. The van der Waals surface area contributed by atoms with Crippen LogP contribution in [-0.4, -0.2) is 43.8 Å². The Morgan fingerprint density at radius 1 is 1.46 bits per heavy atom. The number of carbonyl (C=O) groups is 2. The zero-order valence-electron chi connectivity index (χ0n) is 7.35. The summed E-state index contributed by atoms with van der Waals surface area (Å²) in [5.74, 6) is -0.769. The molecule has 1 aliphatic heterocycles. The molecule has 1 atom stereocenters. The second-order valence-electron chi connectivity index (χ2n) is 3.26. The largest absolute Gasteiger partial charge is 0.480 e. The number of nitrogens with zero attached hydrogens (tertiary/aromatic N) is 1. The summed E-state index contributed by atoms with van der Waals surface area (Å²) >= 11 is 1.34. The van der Waals surface area contributed by atoms with E-state index in [0.29, 0.717) is 5.75 Å². The van der Waals surface area contributed by atoms with E-state index in [0.717, 1.165) is 4.90 Å². The standard InChI is InChI=1S/C7H11NO4S/c1-7(2)8(6(11)12)4(3-13-7)5(9)10/h4H,3H2,1-2H3,(H,9,10)(H,11,12)/t4-/m0/s1. The van der Waals surface area contributed by atoms with E-state index in [9.17, 15) is 9.59 Å². The number of carboxylic acid groups (broad SMARTS) is 2. The predicted octanol–water partition coefficient (Wildman–Crippen LogP) is 0.903. The molecule has 5 nitrogen and oxygen atoms in total. The number of aliphatic carboxylic acids is 1. The molecule has 13 heavy (non-hydrogen) atoms. The third-order valence-corrected chi connectivity index (χ3v) is 3.36. The van der Waals surface area contributed by atoms with E-state index in [1.54, 1.807) is 13.8 Å². The van der Waals surface area contributed by atoms with Crippen LogP contribution in [0.3, 0.4) is 0 Å². The quantitative estimate of drug-likeness (QED) is 0.665. The van der Waals surface area contributed by atoms with Crippen LogP contribution in [0.1, 0.15) is 13.8 Å². The Morgan fingerprint density at radius 3 is 2.31 bits per heavy atom. The zero-order chi connectivity index (χ0) is 10.2. The summed E-state index contributed by atoms with van der Waals surface area (Å²) in [5, 5.41) is 17.6. The van der Waals surface area contributed by atoms with E-state index in [2.05, 4.69) is 0 Å². The van der Waals surface area contributed by atoms with Crippen molar-refractivity contribution in [2.75, 3.05) is 5.75 Å². The molecule has 0 aromatic heterocycles. The first-order chi connectivity index (χ1) is 5.86. The Morgan fingerprint density at radius 2 is 2.00 bits per heavy atom. The number of thioether (sulfide) groups is 1. The summed E-state index contributed by atoms with van der Waals surface area (Å²) in [4.78, 5) is 21.8. The highest BCUT2D eigenvalue weighted by Gasteiger charge is 2.46. The molecule has 1 amide bonds. The van der Waals surface area contributed by atoms with Crippen LogP contribution in [0.25, 0.3) is 0 Å². The lowest BCUT2D eigenvalue weighted by molar-refractivity contribution is -0.142. The van der Waals surface area contributed by atoms with Gasteiger partial charge in [0, 0.05) is 5.75 Å². The lowest BCUT2D eigenvalue weighted by Crippen LogP contribution is -2.49. The summed E-state index contributed by atoms with van der Waals surface area (Å²) in [6.45, 7) is 3.41. The Kier molecular flexibility index (Phi) is 2.42. The van der Waals surface area contributed by atoms with Gasteiger partial charge in [0.15, 0.2) is 0 Å². The SMILES string of the molecule is CC1(C)SC[C@@H](C(=O)O)N1C(=O)O. The minimum atomic E-state index is -1.18. The fourth-order valence-corrected chi connectivity index (χ4v) is 2.55. The molecular formula is C7H11NO4S. The van der Waals surface area contributed by atoms with E-state index in [-0.39, 0.29) is 0 Å². The first kappa shape index (κ1) is 10.2. The lowest BCUT2D eigenvalue weighted by Gasteiger charge is -2.30. The van der Waals surface area contributed by atoms with Gasteiger partial charge in [-0.15, -0.1) is 11.8 Å². The van der Waals surface area contributed by atoms with Gasteiger partial charge in [-0.3, -0.25) is 4.90 Å². The molecule has 1 rings (SSSR count). The molecule has 1 fully saturated rings. The maximum Gasteiger partial charge on any atom is 0.409 e. The van der Waals surface area contributed by atoms with Crippen molar-refractivity contribution in [1.82, 2.24) is 4.90 Å². The molecule has 0 aromatic rings. The van der Waals surface area contributed by atoms with Gasteiger partial charge < -0.3 is 10.2 Å². The summed E-state index contributed by atoms with van der Waals surface area (Å²) in [5.41, 5.74) is 0. The van der Waals surface area contributed by atoms with Crippen LogP contribution >= 0.6 is 11.8 Å². The van der Waals surface area contributed by atoms with E-state index in [1.165, 1.54) is 11.8 Å². The highest BCUT2D eigenvalue weighted by Crippen LogP contribution is 2.38. The van der Waals surface area contributed by atoms with Gasteiger partial charge in [0.05, 0.1) is 4.87 Å². The molecule has 1 aliphatic rings. The van der Waals surface area contributed by atoms with Crippen molar-refractivity contribution in [2.24, 2.45) is 0 Å². The van der Waals surface area contributed by atoms with Crippen molar-refractivity contribution in [3.8, 4) is 0 Å². The monoisotopic (exact) mass is 205 g/mol. The highest BCUT2D eigenvalue weighted by atomic mass is 32.2. The topological polar surface area (TPSA) is 77.8 Å². The third-order valence-electron chi connectivity index (χ3n) is 1.98. The van der Waals surface area contributed by atoms with Crippen LogP contribution in [0, 0.1) is 0 Å². The summed E-state index contributed by atoms with van der Waals surface area (Å²) in [6, 6.07) is -0.919. The Hall–Kier alpha value is -0.910. The molecule has 0 radical (unpaired) electrons. The van der Waals surface area contributed by atoms with Crippen LogP contribution in [0.5, 0.6) is 0 Å². The second kappa shape index (κ2) is 3.10. The smallest absolute Gasteiger partial charge is 0.409 e. The van der Waals surface area contributed by atoms with E-state index < -0.39 is 23.0 Å². The Balaban J connectivity index is 2.92. The van der Waals surface area contributed by atoms with Crippen LogP contribution in [0.15, 0.2) is 0 Å². The molecule has 0 aliphatic carbocycles. The van der Waals surface area contributed by atoms with Gasteiger partial charge in [0.25, 0.3) is 0 Å². The second-order valence-corrected chi connectivity index (χ2v) is 4.89. The van der Waals surface area contributed by atoms with Gasteiger partial charge in [-0.05, 0) is 13.8 Å². The maximum atomic E-state index is 10.8. The van der Waals surface area contributed by atoms with Crippen molar-refractivity contribution in [2.45, 2.75) is 24.8 Å². The normalized spacial score (nSPS) is 26.0. The first-order valence-electron chi connectivity index (χ1n) is 3.75. The van der Waals surface area contributed by atoms with Gasteiger partial charge in [0.1, 0.15) is 6.04 Å². The number of hydrogen-bond donors (Lipinski definition) is 2. The minimum absolute atomic E-state index is 0.314. The molecule has 0 spiro atoms. The number of carboxylic acids is 1. The van der Waals surface area contributed by atoms with Crippen molar-refractivity contribution in [1.29, 1.82) is 0 Å². The molecule has 1 saturated heterocycles. The Bertz CT molecular complexity index is 253. The summed E-state index contributed by atoms with van der Waals surface area (Å²) < 4.78 is 0. The first-order valence-corrected chi connectivity index (χ1v) is 4.74. The fraction of sp³-hybridized carbons (Fsp3) is 0.714. The van der Waals surface area contributed by atoms with Gasteiger partial charge in [0.2, 0.25) is 0 Å². The lowest BCUT2D eigenvalue weighted by atomic mass is 10.2. The van der Waals surface area contributed by atoms with Crippen molar-refractivity contribution in [3.05, 3.63) is 0 Å². The molecule has 1 heterocycles. The van der Waals surface area contributed by atoms with Crippen LogP contribution < -0.4 is 0 Å². The van der Waals surface area contributed by atoms with E-state index >= 15 is 0 Å². The van der Waals surface area contributed by atoms with Crippen molar-refractivity contribution < 1.29 is 19.8 Å². The molecule has 74 valence electrons. The van der Waals surface area contributed by atoms with Crippen molar-refractivity contribution in [3.63, 3.8) is 0 Å². The zero-order valence-corrected chi connectivity index (χ0v) is 8.17. The van der Waals surface area contributed by atoms with Gasteiger partial charge >= 0.3 is 12.1 Å².